The monoisotopic (exact) mass is 471 g/mol. The zero-order chi connectivity index (χ0) is 24.0. The molecular weight excluding hydrogens is 448 g/mol. The van der Waals surface area contributed by atoms with Crippen molar-refractivity contribution in [2.45, 2.75) is 50.3 Å². The van der Waals surface area contributed by atoms with Crippen LogP contribution < -0.4 is 15.0 Å². The number of imide groups is 1. The van der Waals surface area contributed by atoms with E-state index in [9.17, 15) is 23.5 Å². The highest BCUT2D eigenvalue weighted by Crippen LogP contribution is 2.47. The molecule has 34 heavy (non-hydrogen) atoms. The molecule has 6 rings (SSSR count). The Morgan fingerprint density at radius 1 is 1.29 bits per heavy atom. The topological polar surface area (TPSA) is 108 Å². The van der Waals surface area contributed by atoms with Gasteiger partial charge in [0.1, 0.15) is 18.1 Å². The lowest BCUT2D eigenvalue weighted by atomic mass is 9.90. The van der Waals surface area contributed by atoms with Gasteiger partial charge in [-0.2, -0.15) is 8.78 Å². The molecule has 1 aromatic heterocycles. The van der Waals surface area contributed by atoms with E-state index in [1.54, 1.807) is 36.9 Å². The van der Waals surface area contributed by atoms with Gasteiger partial charge in [-0.1, -0.05) is 12.1 Å². The van der Waals surface area contributed by atoms with E-state index < -0.39 is 23.6 Å². The minimum absolute atomic E-state index is 0.0404. The van der Waals surface area contributed by atoms with E-state index in [0.29, 0.717) is 28.1 Å². The van der Waals surface area contributed by atoms with Crippen LogP contribution in [0.2, 0.25) is 0 Å². The van der Waals surface area contributed by atoms with Gasteiger partial charge in [-0.15, -0.1) is 0 Å². The van der Waals surface area contributed by atoms with Crippen LogP contribution in [0.3, 0.4) is 0 Å². The molecule has 178 valence electrons. The number of nitrogens with one attached hydrogen (secondary N) is 1. The maximum absolute atomic E-state index is 14.7. The highest BCUT2D eigenvalue weighted by molar-refractivity contribution is 6.08. The Bertz CT molecular complexity index is 1250. The quantitative estimate of drug-likeness (QED) is 0.659. The third-order valence-electron chi connectivity index (χ3n) is 7.37. The van der Waals surface area contributed by atoms with Gasteiger partial charge in [0.2, 0.25) is 5.95 Å². The average molecular weight is 471 g/mol. The molecule has 2 fully saturated rings. The highest BCUT2D eigenvalue weighted by Gasteiger charge is 2.57. The summed E-state index contributed by atoms with van der Waals surface area (Å²) >= 11 is 0. The van der Waals surface area contributed by atoms with Crippen molar-refractivity contribution in [1.29, 1.82) is 0 Å². The first kappa shape index (κ1) is 21.2. The molecule has 0 radical (unpaired) electrons. The summed E-state index contributed by atoms with van der Waals surface area (Å²) in [5.74, 6) is -2.88. The van der Waals surface area contributed by atoms with E-state index in [1.165, 1.54) is 0 Å². The summed E-state index contributed by atoms with van der Waals surface area (Å²) in [7, 11) is 0. The van der Waals surface area contributed by atoms with Gasteiger partial charge in [-0.3, -0.25) is 9.69 Å². The molecular formula is C23H23F2N5O4. The Labute approximate surface area is 193 Å². The van der Waals surface area contributed by atoms with Gasteiger partial charge < -0.3 is 20.1 Å². The second kappa shape index (κ2) is 6.84. The summed E-state index contributed by atoms with van der Waals surface area (Å²) in [5, 5.41) is 12.6. The van der Waals surface area contributed by atoms with Crippen LogP contribution in [0.25, 0.3) is 11.3 Å². The van der Waals surface area contributed by atoms with Crippen molar-refractivity contribution in [3.8, 4) is 17.0 Å². The van der Waals surface area contributed by atoms with E-state index in [2.05, 4.69) is 15.3 Å². The number of rotatable bonds is 3. The molecule has 2 saturated heterocycles. The van der Waals surface area contributed by atoms with E-state index >= 15 is 0 Å². The van der Waals surface area contributed by atoms with Crippen molar-refractivity contribution >= 4 is 17.9 Å². The smallest absolute Gasteiger partial charge is 0.325 e. The lowest BCUT2D eigenvalue weighted by Crippen LogP contribution is -2.59. The number of alkyl halides is 2. The molecule has 0 unspecified atom stereocenters. The van der Waals surface area contributed by atoms with Gasteiger partial charge in [0.25, 0.3) is 11.8 Å². The number of anilines is 1. The number of aromatic nitrogens is 2. The predicted molar refractivity (Wildman–Crippen MR) is 116 cm³/mol. The number of hydrogen-bond donors (Lipinski definition) is 2. The van der Waals surface area contributed by atoms with E-state index in [1.807, 2.05) is 0 Å². The first-order chi connectivity index (χ1) is 16.2. The molecule has 0 bridgehead atoms. The number of aliphatic hydroxyl groups excluding tert-OH is 1. The fourth-order valence-electron chi connectivity index (χ4n) is 5.23. The molecule has 0 saturated carbocycles. The van der Waals surface area contributed by atoms with Gasteiger partial charge in [0.05, 0.1) is 17.8 Å². The van der Waals surface area contributed by atoms with Crippen molar-refractivity contribution < 1.29 is 28.2 Å². The Morgan fingerprint density at radius 2 is 2.09 bits per heavy atom. The van der Waals surface area contributed by atoms with Gasteiger partial charge >= 0.3 is 6.03 Å². The van der Waals surface area contributed by atoms with Crippen LogP contribution in [-0.2, 0) is 22.7 Å². The molecule has 3 amide bonds. The number of benzene rings is 1. The van der Waals surface area contributed by atoms with Crippen molar-refractivity contribution in [3.05, 3.63) is 35.0 Å². The Hall–Kier alpha value is -3.34. The third-order valence-corrected chi connectivity index (χ3v) is 7.37. The molecule has 11 heteroatoms. The van der Waals surface area contributed by atoms with E-state index in [0.717, 1.165) is 4.90 Å². The summed E-state index contributed by atoms with van der Waals surface area (Å²) in [6.07, 6.45) is -0.769. The second-order valence-electron chi connectivity index (χ2n) is 9.25. The zero-order valence-electron chi connectivity index (χ0n) is 18.6. The van der Waals surface area contributed by atoms with Crippen molar-refractivity contribution in [2.24, 2.45) is 0 Å². The Kier molecular flexibility index (Phi) is 4.27. The normalized spacial score (nSPS) is 28.6. The summed E-state index contributed by atoms with van der Waals surface area (Å²) in [4.78, 5) is 36.9. The predicted octanol–water partition coefficient (Wildman–Crippen LogP) is 1.91. The van der Waals surface area contributed by atoms with E-state index in [4.69, 9.17) is 4.74 Å². The number of nitrogens with zero attached hydrogens (tertiary/aromatic N) is 4. The number of aliphatic hydroxyl groups is 1. The molecule has 3 aliphatic heterocycles. The molecule has 1 aromatic carbocycles. The largest absolute Gasteiger partial charge is 0.490 e. The standard InChI is InChI=1S/C23H23F2N5O4/c1-3-29-19(32)22(28-21(29)33)10-34-16-8-12(4-5-14(16)22)17-13-6-7-23(24,25)18(13)27-20(26-17)30-9-15(31)11(30)2/h4-5,8,11,15,31H,3,6-7,9-10H2,1-2H3,(H,28,33)/t11-,15+,22-/m0/s1. The summed E-state index contributed by atoms with van der Waals surface area (Å²) in [5.41, 5.74) is 0.298. The highest BCUT2D eigenvalue weighted by atomic mass is 19.3. The number of carbonyl (C=O) groups is 2. The van der Waals surface area contributed by atoms with Gasteiger partial charge in [0.15, 0.2) is 5.54 Å². The van der Waals surface area contributed by atoms with E-state index in [-0.39, 0.29) is 56.1 Å². The molecule has 3 atom stereocenters. The van der Waals surface area contributed by atoms with Crippen LogP contribution >= 0.6 is 0 Å². The molecule has 2 N–H and O–H groups in total. The number of likely N-dealkylation sites (N-methyl/N-ethyl adjacent to an activating group) is 1. The fourth-order valence-corrected chi connectivity index (χ4v) is 5.23. The summed E-state index contributed by atoms with van der Waals surface area (Å²) < 4.78 is 35.2. The Morgan fingerprint density at radius 3 is 2.76 bits per heavy atom. The lowest BCUT2D eigenvalue weighted by Gasteiger charge is -2.43. The summed E-state index contributed by atoms with van der Waals surface area (Å²) in [6, 6.07) is 4.32. The van der Waals surface area contributed by atoms with Crippen molar-refractivity contribution in [3.63, 3.8) is 0 Å². The lowest BCUT2D eigenvalue weighted by molar-refractivity contribution is -0.131. The number of halogens is 2. The molecule has 4 heterocycles. The van der Waals surface area contributed by atoms with Crippen molar-refractivity contribution in [1.82, 2.24) is 20.2 Å². The first-order valence-electron chi connectivity index (χ1n) is 11.3. The molecule has 9 nitrogen and oxygen atoms in total. The number of hydrogen-bond acceptors (Lipinski definition) is 7. The molecule has 4 aliphatic rings. The number of fused-ring (bicyclic) bond motifs is 3. The number of amides is 3. The first-order valence-corrected chi connectivity index (χ1v) is 11.3. The molecule has 1 aliphatic carbocycles. The summed E-state index contributed by atoms with van der Waals surface area (Å²) in [6.45, 7) is 3.99. The van der Waals surface area contributed by atoms with Crippen LogP contribution in [0.15, 0.2) is 18.2 Å². The maximum atomic E-state index is 14.7. The van der Waals surface area contributed by atoms with Gasteiger partial charge in [-0.25, -0.2) is 14.8 Å². The second-order valence-corrected chi connectivity index (χ2v) is 9.25. The van der Waals surface area contributed by atoms with Crippen LogP contribution in [0.4, 0.5) is 19.5 Å². The number of β-amino-alcohol motifs (C(OH)–C–C–N with tert-alkyl or cyclic N) is 1. The SMILES string of the molecule is CCN1C(=O)N[C@]2(COc3cc(-c4nc(N5C[C@@H](O)[C@@H]5C)nc5c4CCC5(F)F)ccc32)C1=O. The van der Waals surface area contributed by atoms with Crippen LogP contribution in [0.1, 0.15) is 37.1 Å². The average Bonchev–Trinajstić information content (AvgIpc) is 3.42. The third kappa shape index (κ3) is 2.67. The Balaban J connectivity index is 1.44. The van der Waals surface area contributed by atoms with Gasteiger partial charge in [-0.05, 0) is 26.3 Å². The minimum Gasteiger partial charge on any atom is -0.490 e. The number of carbonyl (C=O) groups excluding carboxylic acids is 2. The van der Waals surface area contributed by atoms with Crippen molar-refractivity contribution in [2.75, 3.05) is 24.6 Å². The maximum Gasteiger partial charge on any atom is 0.325 e. The van der Waals surface area contributed by atoms with Crippen LogP contribution in [-0.4, -0.2) is 63.8 Å². The number of ether oxygens (including phenoxy) is 1. The zero-order valence-corrected chi connectivity index (χ0v) is 18.6. The van der Waals surface area contributed by atoms with Gasteiger partial charge in [0, 0.05) is 36.2 Å². The minimum atomic E-state index is -3.06. The molecule has 2 aromatic rings. The fraction of sp³-hybridized carbons (Fsp3) is 0.478. The molecule has 1 spiro atoms. The van der Waals surface area contributed by atoms with Crippen LogP contribution in [0.5, 0.6) is 5.75 Å². The number of urea groups is 1. The van der Waals surface area contributed by atoms with Crippen LogP contribution in [0, 0.1) is 0 Å².